The van der Waals surface area contributed by atoms with Crippen molar-refractivity contribution in [1.29, 1.82) is 0 Å². The molecule has 4 aliphatic carbocycles. The summed E-state index contributed by atoms with van der Waals surface area (Å²) in [5.74, 6) is 1.22. The van der Waals surface area contributed by atoms with Crippen LogP contribution in [0.1, 0.15) is 63.0 Å². The fourth-order valence-corrected chi connectivity index (χ4v) is 7.38. The molecule has 2 atom stereocenters. The van der Waals surface area contributed by atoms with Gasteiger partial charge in [0, 0.05) is 30.5 Å². The van der Waals surface area contributed by atoms with Crippen molar-refractivity contribution in [3.05, 3.63) is 29.7 Å². The third kappa shape index (κ3) is 2.75. The Hall–Kier alpha value is -1.95. The Morgan fingerprint density at radius 2 is 1.90 bits per heavy atom. The van der Waals surface area contributed by atoms with E-state index >= 15 is 0 Å². The molecule has 4 bridgehead atoms. The first-order valence-corrected chi connectivity index (χ1v) is 11.0. The topological polar surface area (TPSA) is 66.6 Å². The molecule has 0 radical (unpaired) electrons. The van der Waals surface area contributed by atoms with E-state index < -0.39 is 5.60 Å². The number of likely N-dealkylation sites (tertiary alicyclic amines) is 1. The molecule has 2 unspecified atom stereocenters. The summed E-state index contributed by atoms with van der Waals surface area (Å²) in [4.78, 5) is 15.6. The second-order valence-corrected chi connectivity index (χ2v) is 10.2. The number of benzene rings is 1. The molecule has 5 aliphatic rings. The van der Waals surface area contributed by atoms with Crippen LogP contribution in [0, 0.1) is 23.1 Å². The highest BCUT2D eigenvalue weighted by Crippen LogP contribution is 2.62. The van der Waals surface area contributed by atoms with Gasteiger partial charge in [-0.2, -0.15) is 0 Å². The summed E-state index contributed by atoms with van der Waals surface area (Å²) in [7, 11) is 0. The SMILES string of the molecule is O=C(N1CCC(c2noc3cc(F)ccc23)CC1)C12CC3CC(CC(O)(C3)C1)C2. The van der Waals surface area contributed by atoms with E-state index in [1.54, 1.807) is 6.07 Å². The third-order valence-corrected chi connectivity index (χ3v) is 8.11. The average molecular weight is 398 g/mol. The molecule has 0 spiro atoms. The molecule has 1 amide bonds. The molecule has 1 aliphatic heterocycles. The van der Waals surface area contributed by atoms with Crippen LogP contribution in [-0.2, 0) is 4.79 Å². The minimum atomic E-state index is -0.604. The molecule has 2 heterocycles. The lowest BCUT2D eigenvalue weighted by atomic mass is 9.47. The monoisotopic (exact) mass is 398 g/mol. The smallest absolute Gasteiger partial charge is 0.228 e. The van der Waals surface area contributed by atoms with Crippen LogP contribution in [0.3, 0.4) is 0 Å². The zero-order valence-corrected chi connectivity index (χ0v) is 16.6. The first kappa shape index (κ1) is 17.9. The number of carbonyl (C=O) groups is 1. The van der Waals surface area contributed by atoms with Gasteiger partial charge in [-0.25, -0.2) is 4.39 Å². The maximum atomic E-state index is 13.6. The van der Waals surface area contributed by atoms with E-state index in [-0.39, 0.29) is 23.1 Å². The van der Waals surface area contributed by atoms with Gasteiger partial charge in [0.2, 0.25) is 5.91 Å². The van der Waals surface area contributed by atoms with Gasteiger partial charge in [0.15, 0.2) is 5.58 Å². The highest BCUT2D eigenvalue weighted by Gasteiger charge is 2.60. The first-order valence-electron chi connectivity index (χ1n) is 11.0. The minimum absolute atomic E-state index is 0.228. The van der Waals surface area contributed by atoms with Gasteiger partial charge in [-0.3, -0.25) is 4.79 Å². The summed E-state index contributed by atoms with van der Waals surface area (Å²) in [6.45, 7) is 1.43. The molecular weight excluding hydrogens is 371 g/mol. The number of aromatic nitrogens is 1. The number of aliphatic hydroxyl groups is 1. The fraction of sp³-hybridized carbons (Fsp3) is 0.652. The number of amides is 1. The normalized spacial score (nSPS) is 36.8. The quantitative estimate of drug-likeness (QED) is 0.830. The van der Waals surface area contributed by atoms with Crippen LogP contribution in [0.4, 0.5) is 4.39 Å². The Labute approximate surface area is 169 Å². The van der Waals surface area contributed by atoms with Crippen molar-refractivity contribution in [3.8, 4) is 0 Å². The molecular formula is C23H27FN2O3. The molecule has 1 aromatic carbocycles. The van der Waals surface area contributed by atoms with Crippen LogP contribution in [0.25, 0.3) is 11.0 Å². The predicted molar refractivity (Wildman–Crippen MR) is 105 cm³/mol. The lowest BCUT2D eigenvalue weighted by molar-refractivity contribution is -0.186. The highest BCUT2D eigenvalue weighted by molar-refractivity contribution is 5.84. The molecule has 29 heavy (non-hydrogen) atoms. The van der Waals surface area contributed by atoms with Crippen molar-refractivity contribution in [3.63, 3.8) is 0 Å². The maximum absolute atomic E-state index is 13.6. The molecule has 1 N–H and O–H groups in total. The number of piperidine rings is 1. The number of hydrogen-bond acceptors (Lipinski definition) is 4. The lowest BCUT2D eigenvalue weighted by Crippen LogP contribution is -2.61. The Kier molecular flexibility index (Phi) is 3.72. The minimum Gasteiger partial charge on any atom is -0.390 e. The highest BCUT2D eigenvalue weighted by atomic mass is 19.1. The van der Waals surface area contributed by atoms with E-state index in [0.29, 0.717) is 36.9 Å². The molecule has 5 fully saturated rings. The number of rotatable bonds is 2. The van der Waals surface area contributed by atoms with Crippen LogP contribution >= 0.6 is 0 Å². The van der Waals surface area contributed by atoms with Crippen LogP contribution in [0.2, 0.25) is 0 Å². The molecule has 1 aromatic heterocycles. The first-order chi connectivity index (χ1) is 13.9. The van der Waals surface area contributed by atoms with Gasteiger partial charge in [0.25, 0.3) is 0 Å². The zero-order chi connectivity index (χ0) is 19.8. The molecule has 1 saturated heterocycles. The van der Waals surface area contributed by atoms with Crippen molar-refractivity contribution in [1.82, 2.24) is 10.1 Å². The summed E-state index contributed by atoms with van der Waals surface area (Å²) in [6, 6.07) is 4.56. The summed E-state index contributed by atoms with van der Waals surface area (Å²) in [5, 5.41) is 16.1. The fourth-order valence-electron chi connectivity index (χ4n) is 7.38. The number of halogens is 1. The second-order valence-electron chi connectivity index (χ2n) is 10.2. The predicted octanol–water partition coefficient (Wildman–Crippen LogP) is 4.00. The number of hydrogen-bond donors (Lipinski definition) is 1. The summed E-state index contributed by atoms with van der Waals surface area (Å²) in [6.07, 6.45) is 7.25. The summed E-state index contributed by atoms with van der Waals surface area (Å²) in [5.41, 5.74) is 0.438. The van der Waals surface area contributed by atoms with Crippen molar-refractivity contribution < 1.29 is 18.8 Å². The van der Waals surface area contributed by atoms with Crippen LogP contribution in [0.5, 0.6) is 0 Å². The van der Waals surface area contributed by atoms with E-state index in [1.165, 1.54) is 18.6 Å². The van der Waals surface area contributed by atoms with Gasteiger partial charge in [-0.1, -0.05) is 5.16 Å². The lowest BCUT2D eigenvalue weighted by Gasteiger charge is -2.60. The van der Waals surface area contributed by atoms with Gasteiger partial charge < -0.3 is 14.5 Å². The van der Waals surface area contributed by atoms with Crippen LogP contribution < -0.4 is 0 Å². The number of carbonyl (C=O) groups excluding carboxylic acids is 1. The standard InChI is InChI=1S/C23H27FN2O3/c24-17-1-2-18-19(8-17)29-25-20(18)16-3-5-26(6-4-16)21(27)22-9-14-7-15(10-22)12-23(28,11-14)13-22/h1-2,8,14-16,28H,3-7,9-13H2. The van der Waals surface area contributed by atoms with Crippen molar-refractivity contribution >= 4 is 16.9 Å². The van der Waals surface area contributed by atoms with E-state index in [4.69, 9.17) is 4.52 Å². The largest absolute Gasteiger partial charge is 0.390 e. The number of fused-ring (bicyclic) bond motifs is 1. The molecule has 6 heteroatoms. The van der Waals surface area contributed by atoms with Crippen molar-refractivity contribution in [2.24, 2.45) is 17.3 Å². The Balaban J connectivity index is 1.18. The van der Waals surface area contributed by atoms with Crippen molar-refractivity contribution in [2.75, 3.05) is 13.1 Å². The Bertz CT molecular complexity index is 964. The summed E-state index contributed by atoms with van der Waals surface area (Å²) >= 11 is 0. The molecule has 5 nitrogen and oxygen atoms in total. The zero-order valence-electron chi connectivity index (χ0n) is 16.6. The number of nitrogens with zero attached hydrogens (tertiary/aromatic N) is 2. The third-order valence-electron chi connectivity index (χ3n) is 8.11. The van der Waals surface area contributed by atoms with Gasteiger partial charge in [0.1, 0.15) is 5.82 Å². The van der Waals surface area contributed by atoms with E-state index in [2.05, 4.69) is 5.16 Å². The van der Waals surface area contributed by atoms with Gasteiger partial charge in [0.05, 0.1) is 16.7 Å². The van der Waals surface area contributed by atoms with Gasteiger partial charge in [-0.15, -0.1) is 0 Å². The molecule has 154 valence electrons. The van der Waals surface area contributed by atoms with Crippen LogP contribution in [0.15, 0.2) is 22.7 Å². The van der Waals surface area contributed by atoms with Gasteiger partial charge in [-0.05, 0) is 75.3 Å². The maximum Gasteiger partial charge on any atom is 0.228 e. The van der Waals surface area contributed by atoms with E-state index in [1.807, 2.05) is 4.90 Å². The Morgan fingerprint density at radius 1 is 1.17 bits per heavy atom. The van der Waals surface area contributed by atoms with Crippen molar-refractivity contribution in [2.45, 2.75) is 62.9 Å². The van der Waals surface area contributed by atoms with E-state index in [0.717, 1.165) is 49.6 Å². The van der Waals surface area contributed by atoms with Gasteiger partial charge >= 0.3 is 0 Å². The van der Waals surface area contributed by atoms with E-state index in [9.17, 15) is 14.3 Å². The molecule has 4 saturated carbocycles. The second kappa shape index (κ2) is 6.03. The average Bonchev–Trinajstić information content (AvgIpc) is 3.08. The molecule has 7 rings (SSSR count). The molecule has 2 aromatic rings. The summed E-state index contributed by atoms with van der Waals surface area (Å²) < 4.78 is 18.7. The Morgan fingerprint density at radius 3 is 2.59 bits per heavy atom. The van der Waals surface area contributed by atoms with Crippen LogP contribution in [-0.4, -0.2) is 39.8 Å².